The summed E-state index contributed by atoms with van der Waals surface area (Å²) in [5.74, 6) is -0.0105. The molecule has 0 aliphatic carbocycles. The van der Waals surface area contributed by atoms with Crippen molar-refractivity contribution in [3.8, 4) is 0 Å². The molecule has 0 atom stereocenters. The summed E-state index contributed by atoms with van der Waals surface area (Å²) < 4.78 is 5.10. The van der Waals surface area contributed by atoms with Gasteiger partial charge in [-0.1, -0.05) is 0 Å². The predicted octanol–water partition coefficient (Wildman–Crippen LogP) is 1.23. The van der Waals surface area contributed by atoms with Crippen LogP contribution in [0.4, 0.5) is 5.69 Å². The number of amidine groups is 1. The third-order valence-electron chi connectivity index (χ3n) is 2.51. The van der Waals surface area contributed by atoms with Crippen LogP contribution in [0.15, 0.2) is 18.3 Å². The topological polar surface area (TPSA) is 75.2 Å². The summed E-state index contributed by atoms with van der Waals surface area (Å²) in [5.41, 5.74) is 6.95. The second kappa shape index (κ2) is 6.20. The largest absolute Gasteiger partial charge is 0.383 e. The Morgan fingerprint density at radius 2 is 2.29 bits per heavy atom. The number of rotatable bonds is 6. The Kier molecular flexibility index (Phi) is 4.90. The number of ether oxygens (including phenoxy) is 1. The van der Waals surface area contributed by atoms with Gasteiger partial charge < -0.3 is 15.4 Å². The zero-order valence-electron chi connectivity index (χ0n) is 10.6. The quantitative estimate of drug-likeness (QED) is 0.575. The fraction of sp³-hybridized carbons (Fsp3) is 0.500. The van der Waals surface area contributed by atoms with Crippen molar-refractivity contribution in [3.63, 3.8) is 0 Å². The van der Waals surface area contributed by atoms with Crippen molar-refractivity contribution in [1.29, 1.82) is 5.41 Å². The van der Waals surface area contributed by atoms with Gasteiger partial charge in [-0.2, -0.15) is 0 Å². The molecule has 0 aliphatic heterocycles. The molecular weight excluding hydrogens is 216 g/mol. The zero-order valence-corrected chi connectivity index (χ0v) is 10.6. The SMILES string of the molecule is COCCN(c1cccnc1C(=N)N)C(C)C. The highest BCUT2D eigenvalue weighted by molar-refractivity contribution is 5.98. The van der Waals surface area contributed by atoms with Crippen LogP contribution >= 0.6 is 0 Å². The van der Waals surface area contributed by atoms with Gasteiger partial charge >= 0.3 is 0 Å². The van der Waals surface area contributed by atoms with Crippen molar-refractivity contribution >= 4 is 11.5 Å². The van der Waals surface area contributed by atoms with Gasteiger partial charge in [0.15, 0.2) is 0 Å². The summed E-state index contributed by atoms with van der Waals surface area (Å²) in [7, 11) is 1.67. The van der Waals surface area contributed by atoms with Gasteiger partial charge in [-0.15, -0.1) is 0 Å². The highest BCUT2D eigenvalue weighted by Crippen LogP contribution is 2.20. The maximum Gasteiger partial charge on any atom is 0.143 e. The molecule has 1 rings (SSSR count). The van der Waals surface area contributed by atoms with Crippen molar-refractivity contribution in [2.24, 2.45) is 5.73 Å². The predicted molar refractivity (Wildman–Crippen MR) is 69.6 cm³/mol. The van der Waals surface area contributed by atoms with Gasteiger partial charge in [0, 0.05) is 25.9 Å². The summed E-state index contributed by atoms with van der Waals surface area (Å²) in [6.07, 6.45) is 1.65. The minimum absolute atomic E-state index is 0.0105. The molecule has 0 saturated heterocycles. The van der Waals surface area contributed by atoms with Gasteiger partial charge in [-0.05, 0) is 26.0 Å². The molecule has 0 unspecified atom stereocenters. The first-order valence-electron chi connectivity index (χ1n) is 5.63. The first-order valence-corrected chi connectivity index (χ1v) is 5.63. The molecule has 0 spiro atoms. The van der Waals surface area contributed by atoms with Gasteiger partial charge in [0.05, 0.1) is 12.3 Å². The maximum absolute atomic E-state index is 7.54. The molecule has 1 aromatic rings. The molecule has 17 heavy (non-hydrogen) atoms. The van der Waals surface area contributed by atoms with Crippen LogP contribution in [0.25, 0.3) is 0 Å². The van der Waals surface area contributed by atoms with Crippen LogP contribution < -0.4 is 10.6 Å². The molecule has 0 aromatic carbocycles. The van der Waals surface area contributed by atoms with Crippen LogP contribution in [0.2, 0.25) is 0 Å². The Morgan fingerprint density at radius 3 is 2.82 bits per heavy atom. The number of nitrogens with zero attached hydrogens (tertiary/aromatic N) is 2. The number of nitrogen functional groups attached to an aromatic ring is 1. The first kappa shape index (κ1) is 13.4. The molecular formula is C12H20N4O. The van der Waals surface area contributed by atoms with E-state index in [0.717, 1.165) is 12.2 Å². The third-order valence-corrected chi connectivity index (χ3v) is 2.51. The number of pyridine rings is 1. The highest BCUT2D eigenvalue weighted by Gasteiger charge is 2.16. The second-order valence-electron chi connectivity index (χ2n) is 4.06. The van der Waals surface area contributed by atoms with Crippen molar-refractivity contribution in [1.82, 2.24) is 4.98 Å². The molecule has 94 valence electrons. The number of anilines is 1. The lowest BCUT2D eigenvalue weighted by Crippen LogP contribution is -2.35. The van der Waals surface area contributed by atoms with Gasteiger partial charge in [-0.25, -0.2) is 0 Å². The number of hydrogen-bond donors (Lipinski definition) is 2. The Morgan fingerprint density at radius 1 is 1.59 bits per heavy atom. The fourth-order valence-corrected chi connectivity index (χ4v) is 1.68. The first-order chi connectivity index (χ1) is 8.07. The summed E-state index contributed by atoms with van der Waals surface area (Å²) in [4.78, 5) is 6.29. The smallest absolute Gasteiger partial charge is 0.143 e. The molecule has 3 N–H and O–H groups in total. The average molecular weight is 236 g/mol. The van der Waals surface area contributed by atoms with E-state index < -0.39 is 0 Å². The van der Waals surface area contributed by atoms with Crippen molar-refractivity contribution in [3.05, 3.63) is 24.0 Å². The number of aromatic nitrogens is 1. The van der Waals surface area contributed by atoms with Gasteiger partial charge in [0.25, 0.3) is 0 Å². The molecule has 0 fully saturated rings. The van der Waals surface area contributed by atoms with E-state index in [2.05, 4.69) is 23.7 Å². The van der Waals surface area contributed by atoms with E-state index in [9.17, 15) is 0 Å². The third kappa shape index (κ3) is 3.42. The minimum atomic E-state index is -0.0105. The molecule has 0 aliphatic rings. The lowest BCUT2D eigenvalue weighted by Gasteiger charge is -2.29. The number of nitrogens with two attached hydrogens (primary N) is 1. The van der Waals surface area contributed by atoms with E-state index in [1.165, 1.54) is 0 Å². The van der Waals surface area contributed by atoms with Crippen molar-refractivity contribution < 1.29 is 4.74 Å². The van der Waals surface area contributed by atoms with Crippen LogP contribution in [0, 0.1) is 5.41 Å². The number of hydrogen-bond acceptors (Lipinski definition) is 4. The Hall–Kier alpha value is -1.62. The van der Waals surface area contributed by atoms with E-state index >= 15 is 0 Å². The molecule has 0 amide bonds. The van der Waals surface area contributed by atoms with Crippen LogP contribution in [-0.4, -0.2) is 37.1 Å². The van der Waals surface area contributed by atoms with Crippen LogP contribution in [0.1, 0.15) is 19.5 Å². The zero-order chi connectivity index (χ0) is 12.8. The molecule has 5 heteroatoms. The van der Waals surface area contributed by atoms with E-state index in [0.29, 0.717) is 18.3 Å². The molecule has 1 heterocycles. The summed E-state index contributed by atoms with van der Waals surface area (Å²) in [6, 6.07) is 4.08. The Bertz CT molecular complexity index is 379. The van der Waals surface area contributed by atoms with E-state index in [4.69, 9.17) is 15.9 Å². The highest BCUT2D eigenvalue weighted by atomic mass is 16.5. The molecule has 5 nitrogen and oxygen atoms in total. The minimum Gasteiger partial charge on any atom is -0.383 e. The number of nitrogens with one attached hydrogen (secondary N) is 1. The molecule has 0 saturated carbocycles. The van der Waals surface area contributed by atoms with Gasteiger partial charge in [-0.3, -0.25) is 10.4 Å². The van der Waals surface area contributed by atoms with Gasteiger partial charge in [0.1, 0.15) is 11.5 Å². The molecule has 0 bridgehead atoms. The maximum atomic E-state index is 7.54. The van der Waals surface area contributed by atoms with Crippen molar-refractivity contribution in [2.75, 3.05) is 25.2 Å². The van der Waals surface area contributed by atoms with Gasteiger partial charge in [0.2, 0.25) is 0 Å². The normalized spacial score (nSPS) is 10.6. The van der Waals surface area contributed by atoms with E-state index in [1.807, 2.05) is 12.1 Å². The second-order valence-corrected chi connectivity index (χ2v) is 4.06. The average Bonchev–Trinajstić information content (AvgIpc) is 2.29. The Labute approximate surface area is 102 Å². The van der Waals surface area contributed by atoms with Crippen molar-refractivity contribution in [2.45, 2.75) is 19.9 Å². The lowest BCUT2D eigenvalue weighted by atomic mass is 10.2. The van der Waals surface area contributed by atoms with Crippen LogP contribution in [-0.2, 0) is 4.74 Å². The summed E-state index contributed by atoms with van der Waals surface area (Å²) in [6.45, 7) is 5.56. The molecule has 0 radical (unpaired) electrons. The van der Waals surface area contributed by atoms with E-state index in [1.54, 1.807) is 13.3 Å². The van der Waals surface area contributed by atoms with Crippen LogP contribution in [0.5, 0.6) is 0 Å². The van der Waals surface area contributed by atoms with Crippen LogP contribution in [0.3, 0.4) is 0 Å². The number of methoxy groups -OCH3 is 1. The summed E-state index contributed by atoms with van der Waals surface area (Å²) >= 11 is 0. The van der Waals surface area contributed by atoms with E-state index in [-0.39, 0.29) is 5.84 Å². The summed E-state index contributed by atoms with van der Waals surface area (Å²) in [5, 5.41) is 7.54. The molecule has 1 aromatic heterocycles. The standard InChI is InChI=1S/C12H20N4O/c1-9(2)16(7-8-17-3)10-5-4-6-15-11(10)12(13)14/h4-6,9H,7-8H2,1-3H3,(H3,13,14). The fourth-order valence-electron chi connectivity index (χ4n) is 1.68. The monoisotopic (exact) mass is 236 g/mol. The Balaban J connectivity index is 3.04. The lowest BCUT2D eigenvalue weighted by molar-refractivity contribution is 0.204.